The minimum absolute atomic E-state index is 0.0867. The summed E-state index contributed by atoms with van der Waals surface area (Å²) in [5.41, 5.74) is 0.507. The molecule has 1 rings (SSSR count). The van der Waals surface area contributed by atoms with E-state index in [4.69, 9.17) is 23.2 Å². The summed E-state index contributed by atoms with van der Waals surface area (Å²) >= 11 is 15.0. The fourth-order valence-corrected chi connectivity index (χ4v) is 2.15. The standard InChI is InChI=1S/C11H12BrCl2NO/c1-7(6-12)15(2)11(16)8-3-9(13)5-10(14)4-8/h3-5,7H,6H2,1-2H3. The third kappa shape index (κ3) is 3.37. The van der Waals surface area contributed by atoms with Crippen LogP contribution >= 0.6 is 39.1 Å². The van der Waals surface area contributed by atoms with Crippen molar-refractivity contribution in [1.29, 1.82) is 0 Å². The highest BCUT2D eigenvalue weighted by atomic mass is 79.9. The van der Waals surface area contributed by atoms with Gasteiger partial charge in [0.25, 0.3) is 5.91 Å². The van der Waals surface area contributed by atoms with Gasteiger partial charge >= 0.3 is 0 Å². The Hall–Kier alpha value is -0.250. The van der Waals surface area contributed by atoms with Gasteiger partial charge < -0.3 is 4.90 Å². The molecule has 0 fully saturated rings. The normalized spacial score (nSPS) is 12.3. The van der Waals surface area contributed by atoms with Crippen LogP contribution in [0.25, 0.3) is 0 Å². The molecule has 1 aromatic carbocycles. The number of hydrogen-bond donors (Lipinski definition) is 0. The topological polar surface area (TPSA) is 20.3 Å². The van der Waals surface area contributed by atoms with Gasteiger partial charge in [0.15, 0.2) is 0 Å². The Morgan fingerprint density at radius 3 is 2.31 bits per heavy atom. The molecule has 16 heavy (non-hydrogen) atoms. The van der Waals surface area contributed by atoms with Crippen molar-refractivity contribution < 1.29 is 4.79 Å². The van der Waals surface area contributed by atoms with Crippen molar-refractivity contribution >= 4 is 45.0 Å². The zero-order valence-electron chi connectivity index (χ0n) is 9.01. The van der Waals surface area contributed by atoms with Crippen molar-refractivity contribution in [2.75, 3.05) is 12.4 Å². The smallest absolute Gasteiger partial charge is 0.253 e. The molecule has 0 aromatic heterocycles. The minimum Gasteiger partial charge on any atom is -0.338 e. The number of alkyl halides is 1. The van der Waals surface area contributed by atoms with Gasteiger partial charge in [-0.2, -0.15) is 0 Å². The largest absolute Gasteiger partial charge is 0.338 e. The van der Waals surface area contributed by atoms with Crippen LogP contribution in [0.3, 0.4) is 0 Å². The van der Waals surface area contributed by atoms with Crippen LogP contribution in [-0.2, 0) is 0 Å². The number of carbonyl (C=O) groups is 1. The van der Waals surface area contributed by atoms with Gasteiger partial charge in [0.2, 0.25) is 0 Å². The minimum atomic E-state index is -0.0867. The molecule has 0 aliphatic rings. The summed E-state index contributed by atoms with van der Waals surface area (Å²) in [6, 6.07) is 4.96. The van der Waals surface area contributed by atoms with Gasteiger partial charge in [-0.05, 0) is 25.1 Å². The number of nitrogens with zero attached hydrogens (tertiary/aromatic N) is 1. The molecule has 0 N–H and O–H groups in total. The summed E-state index contributed by atoms with van der Waals surface area (Å²) in [6.45, 7) is 1.96. The number of benzene rings is 1. The molecule has 0 bridgehead atoms. The first-order valence-corrected chi connectivity index (χ1v) is 6.62. The number of carbonyl (C=O) groups excluding carboxylic acids is 1. The van der Waals surface area contributed by atoms with Gasteiger partial charge in [-0.15, -0.1) is 0 Å². The summed E-state index contributed by atoms with van der Waals surface area (Å²) in [4.78, 5) is 13.7. The summed E-state index contributed by atoms with van der Waals surface area (Å²) in [6.07, 6.45) is 0. The van der Waals surface area contributed by atoms with Crippen LogP contribution in [0.15, 0.2) is 18.2 Å². The Bertz CT molecular complexity index is 377. The second-order valence-corrected chi connectivity index (χ2v) is 5.10. The molecule has 0 spiro atoms. The zero-order valence-corrected chi connectivity index (χ0v) is 12.1. The highest BCUT2D eigenvalue weighted by Gasteiger charge is 2.17. The first kappa shape index (κ1) is 13.8. The number of halogens is 3. The van der Waals surface area contributed by atoms with Crippen LogP contribution in [0.2, 0.25) is 10.0 Å². The van der Waals surface area contributed by atoms with Crippen molar-refractivity contribution in [3.63, 3.8) is 0 Å². The number of rotatable bonds is 3. The third-order valence-electron chi connectivity index (χ3n) is 2.31. The van der Waals surface area contributed by atoms with E-state index in [1.165, 1.54) is 0 Å². The van der Waals surface area contributed by atoms with Gasteiger partial charge in [0.1, 0.15) is 0 Å². The van der Waals surface area contributed by atoms with Crippen LogP contribution in [0.5, 0.6) is 0 Å². The maximum absolute atomic E-state index is 12.0. The second kappa shape index (κ2) is 5.89. The third-order valence-corrected chi connectivity index (χ3v) is 3.69. The summed E-state index contributed by atoms with van der Waals surface area (Å²) in [7, 11) is 1.75. The van der Waals surface area contributed by atoms with Crippen molar-refractivity contribution in [2.45, 2.75) is 13.0 Å². The lowest BCUT2D eigenvalue weighted by Crippen LogP contribution is -2.36. The molecular formula is C11H12BrCl2NO. The van der Waals surface area contributed by atoms with Crippen LogP contribution in [0.1, 0.15) is 17.3 Å². The molecule has 1 aromatic rings. The predicted octanol–water partition coefficient (Wildman–Crippen LogP) is 3.85. The first-order chi connectivity index (χ1) is 7.45. The van der Waals surface area contributed by atoms with Crippen molar-refractivity contribution in [2.24, 2.45) is 0 Å². The molecule has 0 saturated carbocycles. The van der Waals surface area contributed by atoms with E-state index in [1.54, 1.807) is 30.1 Å². The maximum atomic E-state index is 12.0. The van der Waals surface area contributed by atoms with Crippen molar-refractivity contribution in [1.82, 2.24) is 4.90 Å². The summed E-state index contributed by atoms with van der Waals surface area (Å²) in [5, 5.41) is 1.66. The maximum Gasteiger partial charge on any atom is 0.253 e. The van der Waals surface area contributed by atoms with Crippen LogP contribution in [-0.4, -0.2) is 29.2 Å². The zero-order chi connectivity index (χ0) is 12.3. The second-order valence-electron chi connectivity index (χ2n) is 3.58. The Balaban J connectivity index is 2.96. The van der Waals surface area contributed by atoms with Crippen LogP contribution in [0, 0.1) is 0 Å². The Morgan fingerprint density at radius 1 is 1.38 bits per heavy atom. The number of amides is 1. The molecule has 88 valence electrons. The Morgan fingerprint density at radius 2 is 1.88 bits per heavy atom. The van der Waals surface area contributed by atoms with E-state index < -0.39 is 0 Å². The van der Waals surface area contributed by atoms with Crippen molar-refractivity contribution in [3.05, 3.63) is 33.8 Å². The fourth-order valence-electron chi connectivity index (χ4n) is 1.18. The van der Waals surface area contributed by atoms with E-state index in [0.29, 0.717) is 15.6 Å². The SMILES string of the molecule is CC(CBr)N(C)C(=O)c1cc(Cl)cc(Cl)c1. The van der Waals surface area contributed by atoms with E-state index in [2.05, 4.69) is 15.9 Å². The molecule has 1 atom stereocenters. The highest BCUT2D eigenvalue weighted by Crippen LogP contribution is 2.20. The Labute approximate surface area is 114 Å². The molecule has 0 heterocycles. The van der Waals surface area contributed by atoms with E-state index in [-0.39, 0.29) is 11.9 Å². The molecule has 5 heteroatoms. The lowest BCUT2D eigenvalue weighted by molar-refractivity contribution is 0.0758. The quantitative estimate of drug-likeness (QED) is 0.773. The molecule has 0 saturated heterocycles. The molecule has 1 amide bonds. The molecule has 0 aliphatic carbocycles. The lowest BCUT2D eigenvalue weighted by atomic mass is 10.2. The molecular weight excluding hydrogens is 313 g/mol. The molecule has 1 unspecified atom stereocenters. The lowest BCUT2D eigenvalue weighted by Gasteiger charge is -2.23. The van der Waals surface area contributed by atoms with E-state index >= 15 is 0 Å². The van der Waals surface area contributed by atoms with Crippen molar-refractivity contribution in [3.8, 4) is 0 Å². The van der Waals surface area contributed by atoms with E-state index in [1.807, 2.05) is 6.92 Å². The molecule has 0 radical (unpaired) electrons. The fraction of sp³-hybridized carbons (Fsp3) is 0.364. The van der Waals surface area contributed by atoms with Crippen LogP contribution < -0.4 is 0 Å². The van der Waals surface area contributed by atoms with Gasteiger partial charge in [-0.1, -0.05) is 39.1 Å². The van der Waals surface area contributed by atoms with Gasteiger partial charge in [0.05, 0.1) is 0 Å². The molecule has 2 nitrogen and oxygen atoms in total. The number of hydrogen-bond acceptors (Lipinski definition) is 1. The van der Waals surface area contributed by atoms with Gasteiger partial charge in [0, 0.05) is 34.0 Å². The van der Waals surface area contributed by atoms with Gasteiger partial charge in [-0.3, -0.25) is 4.79 Å². The predicted molar refractivity (Wildman–Crippen MR) is 71.8 cm³/mol. The monoisotopic (exact) mass is 323 g/mol. The summed E-state index contributed by atoms with van der Waals surface area (Å²) < 4.78 is 0. The van der Waals surface area contributed by atoms with E-state index in [9.17, 15) is 4.79 Å². The highest BCUT2D eigenvalue weighted by molar-refractivity contribution is 9.09. The van der Waals surface area contributed by atoms with Gasteiger partial charge in [-0.25, -0.2) is 0 Å². The molecule has 0 aliphatic heterocycles. The summed E-state index contributed by atoms with van der Waals surface area (Å²) in [5.74, 6) is -0.0867. The van der Waals surface area contributed by atoms with Crippen LogP contribution in [0.4, 0.5) is 0 Å². The average Bonchev–Trinajstić information content (AvgIpc) is 2.24. The Kier molecular flexibility index (Phi) is 5.09. The average molecular weight is 325 g/mol. The van der Waals surface area contributed by atoms with E-state index in [0.717, 1.165) is 5.33 Å². The first-order valence-electron chi connectivity index (χ1n) is 4.75.